The molecule has 1 aliphatic heterocycles. The summed E-state index contributed by atoms with van der Waals surface area (Å²) in [5, 5.41) is 4.65. The first kappa shape index (κ1) is 22.9. The van der Waals surface area contributed by atoms with Gasteiger partial charge >= 0.3 is 0 Å². The normalized spacial score (nSPS) is 13.3. The molecule has 1 heterocycles. The van der Waals surface area contributed by atoms with Gasteiger partial charge < -0.3 is 10.2 Å². The molecule has 3 amide bonds. The number of rotatable bonds is 12. The van der Waals surface area contributed by atoms with Crippen molar-refractivity contribution in [1.29, 1.82) is 0 Å². The van der Waals surface area contributed by atoms with Crippen molar-refractivity contribution in [2.45, 2.75) is 46.0 Å². The lowest BCUT2D eigenvalue weighted by molar-refractivity contribution is -0.121. The van der Waals surface area contributed by atoms with Crippen LogP contribution in [0.3, 0.4) is 0 Å². The molecule has 0 bridgehead atoms. The summed E-state index contributed by atoms with van der Waals surface area (Å²) in [6.07, 6.45) is 3.70. The zero-order valence-electron chi connectivity index (χ0n) is 18.7. The number of nitrogens with one attached hydrogen (secondary N) is 1. The van der Waals surface area contributed by atoms with Crippen LogP contribution in [0.15, 0.2) is 36.4 Å². The van der Waals surface area contributed by atoms with E-state index in [4.69, 9.17) is 0 Å². The molecule has 0 aliphatic carbocycles. The van der Waals surface area contributed by atoms with Crippen LogP contribution in [0.25, 0.3) is 10.8 Å². The predicted octanol–water partition coefficient (Wildman–Crippen LogP) is 3.84. The Hall–Kier alpha value is -2.73. The van der Waals surface area contributed by atoms with Gasteiger partial charge in [0.2, 0.25) is 5.91 Å². The van der Waals surface area contributed by atoms with E-state index in [1.54, 1.807) is 12.1 Å². The Morgan fingerprint density at radius 2 is 1.55 bits per heavy atom. The highest BCUT2D eigenvalue weighted by Crippen LogP contribution is 2.30. The summed E-state index contributed by atoms with van der Waals surface area (Å²) in [5.41, 5.74) is 1.19. The van der Waals surface area contributed by atoms with Gasteiger partial charge in [0.1, 0.15) is 0 Å². The number of amides is 3. The van der Waals surface area contributed by atoms with Crippen molar-refractivity contribution in [3.05, 3.63) is 47.5 Å². The van der Waals surface area contributed by atoms with E-state index in [9.17, 15) is 14.4 Å². The first-order valence-electron chi connectivity index (χ1n) is 11.4. The highest BCUT2D eigenvalue weighted by molar-refractivity contribution is 6.25. The van der Waals surface area contributed by atoms with Crippen molar-refractivity contribution >= 4 is 28.5 Å². The van der Waals surface area contributed by atoms with Crippen molar-refractivity contribution in [3.63, 3.8) is 0 Å². The highest BCUT2D eigenvalue weighted by Gasteiger charge is 2.31. The molecule has 0 aromatic heterocycles. The SMILES string of the molecule is CCN(CC)CCCNC(=O)CCCCCN1C(=O)c2cccc3cccc(c23)C1=O. The summed E-state index contributed by atoms with van der Waals surface area (Å²) in [6, 6.07) is 11.1. The summed E-state index contributed by atoms with van der Waals surface area (Å²) in [5.74, 6) is -0.370. The Labute approximate surface area is 184 Å². The largest absolute Gasteiger partial charge is 0.356 e. The van der Waals surface area contributed by atoms with Crippen molar-refractivity contribution in [2.24, 2.45) is 0 Å². The number of nitrogens with zero attached hydrogens (tertiary/aromatic N) is 2. The Morgan fingerprint density at radius 3 is 2.16 bits per heavy atom. The van der Waals surface area contributed by atoms with Gasteiger partial charge in [-0.05, 0) is 56.4 Å². The number of hydrogen-bond acceptors (Lipinski definition) is 4. The van der Waals surface area contributed by atoms with Gasteiger partial charge in [-0.25, -0.2) is 0 Å². The first-order chi connectivity index (χ1) is 15.1. The minimum atomic E-state index is -0.222. The molecule has 2 aromatic carbocycles. The molecule has 1 N–H and O–H groups in total. The van der Waals surface area contributed by atoms with Crippen LogP contribution >= 0.6 is 0 Å². The summed E-state index contributed by atoms with van der Waals surface area (Å²) in [4.78, 5) is 41.4. The van der Waals surface area contributed by atoms with Crippen molar-refractivity contribution in [2.75, 3.05) is 32.7 Å². The van der Waals surface area contributed by atoms with Crippen LogP contribution < -0.4 is 5.32 Å². The Kier molecular flexibility index (Phi) is 8.18. The zero-order valence-corrected chi connectivity index (χ0v) is 18.7. The Morgan fingerprint density at radius 1 is 0.903 bits per heavy atom. The maximum Gasteiger partial charge on any atom is 0.261 e. The molecule has 166 valence electrons. The summed E-state index contributed by atoms with van der Waals surface area (Å²) in [6.45, 7) is 8.45. The second kappa shape index (κ2) is 11.0. The second-order valence-corrected chi connectivity index (χ2v) is 8.01. The third-order valence-corrected chi connectivity index (χ3v) is 6.01. The topological polar surface area (TPSA) is 69.7 Å². The molecular formula is C25H33N3O3. The van der Waals surface area contributed by atoms with Gasteiger partial charge in [-0.3, -0.25) is 19.3 Å². The van der Waals surface area contributed by atoms with Crippen LogP contribution in [0, 0.1) is 0 Å². The molecule has 6 heteroatoms. The van der Waals surface area contributed by atoms with Gasteiger partial charge in [-0.15, -0.1) is 0 Å². The van der Waals surface area contributed by atoms with E-state index in [0.717, 1.165) is 49.7 Å². The molecule has 0 radical (unpaired) electrons. The number of imide groups is 1. The molecule has 3 rings (SSSR count). The van der Waals surface area contributed by atoms with E-state index in [2.05, 4.69) is 24.1 Å². The maximum absolute atomic E-state index is 12.9. The van der Waals surface area contributed by atoms with Gasteiger partial charge in [0.05, 0.1) is 0 Å². The van der Waals surface area contributed by atoms with E-state index in [1.807, 2.05) is 24.3 Å². The van der Waals surface area contributed by atoms with Crippen LogP contribution in [0.1, 0.15) is 66.7 Å². The molecule has 0 fully saturated rings. The lowest BCUT2D eigenvalue weighted by Crippen LogP contribution is -2.40. The minimum Gasteiger partial charge on any atom is -0.356 e. The van der Waals surface area contributed by atoms with E-state index in [0.29, 0.717) is 37.1 Å². The molecule has 31 heavy (non-hydrogen) atoms. The molecule has 1 aliphatic rings. The lowest BCUT2D eigenvalue weighted by Gasteiger charge is -2.27. The molecule has 2 aromatic rings. The predicted molar refractivity (Wildman–Crippen MR) is 123 cm³/mol. The van der Waals surface area contributed by atoms with Crippen molar-refractivity contribution in [1.82, 2.24) is 15.1 Å². The van der Waals surface area contributed by atoms with E-state index < -0.39 is 0 Å². The summed E-state index contributed by atoms with van der Waals surface area (Å²) >= 11 is 0. The zero-order chi connectivity index (χ0) is 22.2. The number of hydrogen-bond donors (Lipinski definition) is 1. The Balaban J connectivity index is 1.40. The number of unbranched alkanes of at least 4 members (excludes halogenated alkanes) is 2. The molecule has 0 spiro atoms. The fourth-order valence-electron chi connectivity index (χ4n) is 4.17. The molecule has 0 saturated heterocycles. The average Bonchev–Trinajstić information content (AvgIpc) is 2.79. The fourth-order valence-corrected chi connectivity index (χ4v) is 4.17. The molecule has 6 nitrogen and oxygen atoms in total. The number of carbonyl (C=O) groups excluding carboxylic acids is 3. The van der Waals surface area contributed by atoms with Crippen LogP contribution in [0.5, 0.6) is 0 Å². The smallest absolute Gasteiger partial charge is 0.261 e. The van der Waals surface area contributed by atoms with Crippen LogP contribution in [0.4, 0.5) is 0 Å². The first-order valence-corrected chi connectivity index (χ1v) is 11.4. The summed E-state index contributed by atoms with van der Waals surface area (Å²) < 4.78 is 0. The third-order valence-electron chi connectivity index (χ3n) is 6.01. The van der Waals surface area contributed by atoms with Crippen LogP contribution in [-0.4, -0.2) is 60.2 Å². The standard InChI is InChI=1S/C25H33N3O3/c1-3-27(4-2)17-10-16-26-22(29)15-6-5-7-18-28-24(30)20-13-8-11-19-12-9-14-21(23(19)20)25(28)31/h8-9,11-14H,3-7,10,15-18H2,1-2H3,(H,26,29). The van der Waals surface area contributed by atoms with Crippen molar-refractivity contribution < 1.29 is 14.4 Å². The lowest BCUT2D eigenvalue weighted by atomic mass is 9.94. The molecule has 0 atom stereocenters. The molecule has 0 saturated carbocycles. The van der Waals surface area contributed by atoms with Gasteiger partial charge in [-0.2, -0.15) is 0 Å². The number of benzene rings is 2. The maximum atomic E-state index is 12.9. The molecule has 0 unspecified atom stereocenters. The van der Waals surface area contributed by atoms with E-state index in [-0.39, 0.29) is 17.7 Å². The third kappa shape index (κ3) is 5.50. The molecular weight excluding hydrogens is 390 g/mol. The number of carbonyl (C=O) groups is 3. The minimum absolute atomic E-state index is 0.0743. The van der Waals surface area contributed by atoms with E-state index in [1.165, 1.54) is 4.90 Å². The van der Waals surface area contributed by atoms with Gasteiger partial charge in [0.15, 0.2) is 0 Å². The second-order valence-electron chi connectivity index (χ2n) is 8.01. The monoisotopic (exact) mass is 423 g/mol. The summed E-state index contributed by atoms with van der Waals surface area (Å²) in [7, 11) is 0. The van der Waals surface area contributed by atoms with Gasteiger partial charge in [0, 0.05) is 36.0 Å². The Bertz CT molecular complexity index is 886. The quantitative estimate of drug-likeness (QED) is 0.416. The van der Waals surface area contributed by atoms with Gasteiger partial charge in [-0.1, -0.05) is 44.5 Å². The highest BCUT2D eigenvalue weighted by atomic mass is 16.2. The fraction of sp³-hybridized carbons (Fsp3) is 0.480. The van der Waals surface area contributed by atoms with Crippen LogP contribution in [-0.2, 0) is 4.79 Å². The van der Waals surface area contributed by atoms with Crippen molar-refractivity contribution in [3.8, 4) is 0 Å². The van der Waals surface area contributed by atoms with Crippen LogP contribution in [0.2, 0.25) is 0 Å². The van der Waals surface area contributed by atoms with Gasteiger partial charge in [0.25, 0.3) is 11.8 Å². The average molecular weight is 424 g/mol. The van der Waals surface area contributed by atoms with E-state index >= 15 is 0 Å².